The molecule has 0 amide bonds. The third-order valence-corrected chi connectivity index (χ3v) is 13.7. The van der Waals surface area contributed by atoms with Gasteiger partial charge < -0.3 is 15.3 Å². The molecule has 3 nitrogen and oxygen atoms in total. The summed E-state index contributed by atoms with van der Waals surface area (Å²) in [7, 11) is 0. The Morgan fingerprint density at radius 2 is 1.52 bits per heavy atom. The van der Waals surface area contributed by atoms with Gasteiger partial charge >= 0.3 is 0 Å². The summed E-state index contributed by atoms with van der Waals surface area (Å²) in [6.45, 7) is 17.0. The fraction of sp³-hybridized carbons (Fsp3) is 0.933. The van der Waals surface area contributed by atoms with Gasteiger partial charge in [0.25, 0.3) is 0 Å². The topological polar surface area (TPSA) is 60.7 Å². The molecule has 0 saturated heterocycles. The minimum atomic E-state index is -0.383. The molecule has 0 aromatic rings. The summed E-state index contributed by atoms with van der Waals surface area (Å²) in [5.41, 5.74) is 1.83. The van der Waals surface area contributed by atoms with Crippen LogP contribution in [-0.2, 0) is 0 Å². The molecule has 0 radical (unpaired) electrons. The van der Waals surface area contributed by atoms with Crippen molar-refractivity contribution < 1.29 is 15.3 Å². The maximum absolute atomic E-state index is 10.9. The lowest BCUT2D eigenvalue weighted by Gasteiger charge is -2.73. The molecule has 5 rings (SSSR count). The first kappa shape index (κ1) is 24.3. The van der Waals surface area contributed by atoms with Gasteiger partial charge in [0.05, 0.1) is 12.7 Å². The smallest absolute Gasteiger partial charge is 0.0618 e. The van der Waals surface area contributed by atoms with Crippen LogP contribution in [0.2, 0.25) is 0 Å². The van der Waals surface area contributed by atoms with Gasteiger partial charge in [-0.05, 0) is 122 Å². The van der Waals surface area contributed by atoms with Crippen molar-refractivity contribution in [3.8, 4) is 0 Å². The van der Waals surface area contributed by atoms with E-state index in [4.69, 9.17) is 0 Å². The third-order valence-electron chi connectivity index (χ3n) is 13.7. The van der Waals surface area contributed by atoms with Gasteiger partial charge in [-0.3, -0.25) is 0 Å². The normalized spacial score (nSPS) is 58.1. The quantitative estimate of drug-likeness (QED) is 0.457. The van der Waals surface area contributed by atoms with Crippen molar-refractivity contribution in [1.82, 2.24) is 0 Å². The van der Waals surface area contributed by atoms with E-state index < -0.39 is 0 Å². The molecule has 188 valence electrons. The zero-order valence-corrected chi connectivity index (χ0v) is 22.0. The average molecular weight is 459 g/mol. The molecule has 5 aliphatic rings. The molecule has 5 fully saturated rings. The van der Waals surface area contributed by atoms with Crippen LogP contribution in [0, 0.1) is 56.7 Å². The first-order chi connectivity index (χ1) is 15.4. The van der Waals surface area contributed by atoms with Crippen LogP contribution < -0.4 is 0 Å². The molecule has 11 atom stereocenters. The van der Waals surface area contributed by atoms with E-state index in [1.54, 1.807) is 0 Å². The summed E-state index contributed by atoms with van der Waals surface area (Å²) >= 11 is 0. The Balaban J connectivity index is 1.55. The van der Waals surface area contributed by atoms with Crippen LogP contribution in [0.15, 0.2) is 12.2 Å². The molecule has 5 saturated carbocycles. The summed E-state index contributed by atoms with van der Waals surface area (Å²) in [6.07, 6.45) is 11.2. The number of hydrogen-bond acceptors (Lipinski definition) is 3. The van der Waals surface area contributed by atoms with Gasteiger partial charge in [0.15, 0.2) is 0 Å². The van der Waals surface area contributed by atoms with Gasteiger partial charge in [-0.2, -0.15) is 0 Å². The summed E-state index contributed by atoms with van der Waals surface area (Å²) in [4.78, 5) is 0. The number of fused-ring (bicyclic) bond motifs is 7. The van der Waals surface area contributed by atoms with Crippen LogP contribution in [0.3, 0.4) is 0 Å². The number of aliphatic hydroxyl groups excluding tert-OH is 3. The summed E-state index contributed by atoms with van der Waals surface area (Å²) in [6, 6.07) is 0. The molecule has 3 heteroatoms. The SMILES string of the molecule is C=C(C)C1CCC2(CO)CCC3(C)C(CCC4C5(C)CCC(O)C(C)(CO)C5CCC43C)C12. The molecule has 5 aliphatic carbocycles. The lowest BCUT2D eigenvalue weighted by atomic mass is 9.32. The number of allylic oxidation sites excluding steroid dienone is 1. The molecule has 0 bridgehead atoms. The van der Waals surface area contributed by atoms with Crippen LogP contribution in [0.25, 0.3) is 0 Å². The second-order valence-corrected chi connectivity index (χ2v) is 14.4. The number of aliphatic hydroxyl groups is 3. The Morgan fingerprint density at radius 1 is 0.788 bits per heavy atom. The first-order valence-corrected chi connectivity index (χ1v) is 14.0. The van der Waals surface area contributed by atoms with Crippen LogP contribution in [0.1, 0.15) is 98.8 Å². The van der Waals surface area contributed by atoms with Gasteiger partial charge in [-0.15, -0.1) is 0 Å². The molecule has 0 aliphatic heterocycles. The third kappa shape index (κ3) is 2.85. The standard InChI is InChI=1S/C30H50O3/c1-19(2)20-9-14-30(18-32)16-15-28(5)21(25(20)30)7-8-23-26(3)12-11-24(33)27(4,17-31)22(26)10-13-29(23,28)6/h20-25,31-33H,1,7-18H2,2-6H3. The highest BCUT2D eigenvalue weighted by Gasteiger charge is 2.71. The van der Waals surface area contributed by atoms with E-state index >= 15 is 0 Å². The van der Waals surface area contributed by atoms with Gasteiger partial charge in [0, 0.05) is 12.0 Å². The molecule has 33 heavy (non-hydrogen) atoms. The van der Waals surface area contributed by atoms with E-state index in [1.807, 2.05) is 0 Å². The van der Waals surface area contributed by atoms with Gasteiger partial charge in [0.1, 0.15) is 0 Å². The van der Waals surface area contributed by atoms with Crippen molar-refractivity contribution in [2.45, 2.75) is 105 Å². The Kier molecular flexibility index (Phi) is 5.57. The monoisotopic (exact) mass is 458 g/mol. The minimum Gasteiger partial charge on any atom is -0.396 e. The Morgan fingerprint density at radius 3 is 2.15 bits per heavy atom. The van der Waals surface area contributed by atoms with Crippen molar-refractivity contribution in [3.63, 3.8) is 0 Å². The van der Waals surface area contributed by atoms with Gasteiger partial charge in [0.2, 0.25) is 0 Å². The maximum atomic E-state index is 10.9. The Hall–Kier alpha value is -0.380. The number of hydrogen-bond donors (Lipinski definition) is 3. The van der Waals surface area contributed by atoms with E-state index in [2.05, 4.69) is 41.2 Å². The zero-order chi connectivity index (χ0) is 24.0. The van der Waals surface area contributed by atoms with Gasteiger partial charge in [-0.1, -0.05) is 39.8 Å². The van der Waals surface area contributed by atoms with E-state index in [0.29, 0.717) is 36.2 Å². The highest BCUT2D eigenvalue weighted by Crippen LogP contribution is 2.77. The minimum absolute atomic E-state index is 0.0964. The predicted octanol–water partition coefficient (Wildman–Crippen LogP) is 5.97. The molecule has 0 heterocycles. The Bertz CT molecular complexity index is 808. The highest BCUT2D eigenvalue weighted by molar-refractivity contribution is 5.21. The molecular formula is C30H50O3. The number of rotatable bonds is 3. The molecular weight excluding hydrogens is 408 g/mol. The van der Waals surface area contributed by atoms with Crippen LogP contribution in [0.5, 0.6) is 0 Å². The average Bonchev–Trinajstić information content (AvgIpc) is 3.17. The highest BCUT2D eigenvalue weighted by atomic mass is 16.3. The van der Waals surface area contributed by atoms with E-state index in [-0.39, 0.29) is 39.8 Å². The van der Waals surface area contributed by atoms with Crippen molar-refractivity contribution in [2.24, 2.45) is 56.7 Å². The van der Waals surface area contributed by atoms with Crippen LogP contribution in [0.4, 0.5) is 0 Å². The Labute approximate surface area is 202 Å². The van der Waals surface area contributed by atoms with Crippen LogP contribution in [-0.4, -0.2) is 34.6 Å². The maximum Gasteiger partial charge on any atom is 0.0618 e. The first-order valence-electron chi connectivity index (χ1n) is 14.0. The second kappa shape index (κ2) is 7.56. The van der Waals surface area contributed by atoms with Crippen molar-refractivity contribution >= 4 is 0 Å². The van der Waals surface area contributed by atoms with Crippen molar-refractivity contribution in [1.29, 1.82) is 0 Å². The summed E-state index contributed by atoms with van der Waals surface area (Å²) in [5.74, 6) is 2.86. The fourth-order valence-electron chi connectivity index (χ4n) is 11.6. The van der Waals surface area contributed by atoms with Crippen molar-refractivity contribution in [3.05, 3.63) is 12.2 Å². The largest absolute Gasteiger partial charge is 0.396 e. The molecule has 11 unspecified atom stereocenters. The second-order valence-electron chi connectivity index (χ2n) is 14.4. The lowest BCUT2D eigenvalue weighted by Crippen LogP contribution is -2.67. The summed E-state index contributed by atoms with van der Waals surface area (Å²) < 4.78 is 0. The lowest BCUT2D eigenvalue weighted by molar-refractivity contribution is -0.255. The van der Waals surface area contributed by atoms with E-state index in [0.717, 1.165) is 19.3 Å². The summed E-state index contributed by atoms with van der Waals surface area (Å²) in [5, 5.41) is 32.0. The van der Waals surface area contributed by atoms with Crippen molar-refractivity contribution in [2.75, 3.05) is 13.2 Å². The van der Waals surface area contributed by atoms with E-state index in [9.17, 15) is 15.3 Å². The predicted molar refractivity (Wildman–Crippen MR) is 133 cm³/mol. The molecule has 3 N–H and O–H groups in total. The zero-order valence-electron chi connectivity index (χ0n) is 22.0. The fourth-order valence-corrected chi connectivity index (χ4v) is 11.6. The molecule has 0 spiro atoms. The molecule has 0 aromatic carbocycles. The van der Waals surface area contributed by atoms with Crippen LogP contribution >= 0.6 is 0 Å². The molecule has 0 aromatic heterocycles. The van der Waals surface area contributed by atoms with Gasteiger partial charge in [-0.25, -0.2) is 0 Å². The van der Waals surface area contributed by atoms with E-state index in [1.165, 1.54) is 50.5 Å².